The molecule has 0 bridgehead atoms. The minimum Gasteiger partial charge on any atom is -0.480 e. The number of hydrogen-bond acceptors (Lipinski definition) is 3. The summed E-state index contributed by atoms with van der Waals surface area (Å²) in [5.41, 5.74) is -1.12. The van der Waals surface area contributed by atoms with Crippen LogP contribution in [0.1, 0.15) is 46.0 Å². The molecule has 1 rings (SSSR count). The summed E-state index contributed by atoms with van der Waals surface area (Å²) in [6.45, 7) is 3.51. The summed E-state index contributed by atoms with van der Waals surface area (Å²) >= 11 is 1.64. The van der Waals surface area contributed by atoms with Gasteiger partial charge in [0.15, 0.2) is 0 Å². The molecule has 1 aliphatic heterocycles. The van der Waals surface area contributed by atoms with E-state index in [4.69, 9.17) is 0 Å². The van der Waals surface area contributed by atoms with Crippen LogP contribution in [0.2, 0.25) is 0 Å². The lowest BCUT2D eigenvalue weighted by molar-refractivity contribution is -0.147. The third-order valence-electron chi connectivity index (χ3n) is 3.09. The molecular weight excluding hydrogens is 238 g/mol. The molecule has 1 fully saturated rings. The number of nitrogens with one attached hydrogen (secondary N) is 1. The smallest absolute Gasteiger partial charge is 0.329 e. The Hall–Kier alpha value is -0.710. The van der Waals surface area contributed by atoms with E-state index in [1.54, 1.807) is 18.7 Å². The van der Waals surface area contributed by atoms with E-state index in [1.165, 1.54) is 0 Å². The zero-order chi connectivity index (χ0) is 12.9. The molecule has 4 nitrogen and oxygen atoms in total. The summed E-state index contributed by atoms with van der Waals surface area (Å²) in [4.78, 5) is 23.2. The van der Waals surface area contributed by atoms with Gasteiger partial charge in [-0.15, -0.1) is 11.8 Å². The second kappa shape index (κ2) is 6.28. The van der Waals surface area contributed by atoms with Gasteiger partial charge in [-0.3, -0.25) is 4.79 Å². The maximum absolute atomic E-state index is 12.0. The molecule has 1 saturated heterocycles. The minimum atomic E-state index is -1.12. The second-order valence-electron chi connectivity index (χ2n) is 4.73. The van der Waals surface area contributed by atoms with Crippen LogP contribution in [0.25, 0.3) is 0 Å². The van der Waals surface area contributed by atoms with E-state index in [9.17, 15) is 14.7 Å². The van der Waals surface area contributed by atoms with Gasteiger partial charge in [-0.2, -0.15) is 0 Å². The summed E-state index contributed by atoms with van der Waals surface area (Å²) in [6.07, 6.45) is 4.27. The molecule has 1 aliphatic rings. The first-order chi connectivity index (χ1) is 7.99. The molecule has 0 saturated carbocycles. The minimum absolute atomic E-state index is 0.0701. The maximum Gasteiger partial charge on any atom is 0.329 e. The Bertz CT molecular complexity index is 289. The zero-order valence-corrected chi connectivity index (χ0v) is 11.3. The molecule has 0 radical (unpaired) electrons. The van der Waals surface area contributed by atoms with Gasteiger partial charge in [0.05, 0.1) is 5.25 Å². The van der Waals surface area contributed by atoms with Crippen molar-refractivity contribution in [2.75, 3.05) is 5.75 Å². The number of amides is 1. The molecule has 0 aliphatic carbocycles. The summed E-state index contributed by atoms with van der Waals surface area (Å²) in [7, 11) is 0. The molecule has 1 heterocycles. The first-order valence-electron chi connectivity index (χ1n) is 6.16. The molecule has 2 unspecified atom stereocenters. The molecular formula is C12H21NO3S. The maximum atomic E-state index is 12.0. The van der Waals surface area contributed by atoms with Crippen molar-refractivity contribution in [3.8, 4) is 0 Å². The SMILES string of the molecule is CCCC(C)(NC(=O)C1CCCCS1)C(=O)O. The van der Waals surface area contributed by atoms with Crippen molar-refractivity contribution in [1.82, 2.24) is 5.32 Å². The third kappa shape index (κ3) is 3.91. The van der Waals surface area contributed by atoms with E-state index in [2.05, 4.69) is 5.32 Å². The monoisotopic (exact) mass is 259 g/mol. The van der Waals surface area contributed by atoms with Crippen LogP contribution in [0.15, 0.2) is 0 Å². The van der Waals surface area contributed by atoms with Crippen LogP contribution < -0.4 is 5.32 Å². The van der Waals surface area contributed by atoms with Crippen LogP contribution in [0.3, 0.4) is 0 Å². The van der Waals surface area contributed by atoms with Crippen molar-refractivity contribution in [3.05, 3.63) is 0 Å². The van der Waals surface area contributed by atoms with Crippen molar-refractivity contribution in [3.63, 3.8) is 0 Å². The number of carbonyl (C=O) groups excluding carboxylic acids is 1. The topological polar surface area (TPSA) is 66.4 Å². The third-order valence-corrected chi connectivity index (χ3v) is 4.47. The highest BCUT2D eigenvalue weighted by Crippen LogP contribution is 2.26. The van der Waals surface area contributed by atoms with Gasteiger partial charge in [0.1, 0.15) is 5.54 Å². The van der Waals surface area contributed by atoms with E-state index in [-0.39, 0.29) is 11.2 Å². The molecule has 0 spiro atoms. The summed E-state index contributed by atoms with van der Waals surface area (Å²) in [5.74, 6) is -0.0723. The lowest BCUT2D eigenvalue weighted by atomic mass is 9.96. The predicted octanol–water partition coefficient (Wildman–Crippen LogP) is 2.03. The van der Waals surface area contributed by atoms with E-state index < -0.39 is 11.5 Å². The number of thioether (sulfide) groups is 1. The van der Waals surface area contributed by atoms with Crippen molar-refractivity contribution in [2.24, 2.45) is 0 Å². The van der Waals surface area contributed by atoms with Crippen LogP contribution in [0, 0.1) is 0 Å². The standard InChI is InChI=1S/C12H21NO3S/c1-3-7-12(2,11(15)16)13-10(14)9-6-4-5-8-17-9/h9H,3-8H2,1-2H3,(H,13,14)(H,15,16). The van der Waals surface area contributed by atoms with E-state index >= 15 is 0 Å². The normalized spacial score (nSPS) is 23.8. The van der Waals surface area contributed by atoms with Crippen LogP contribution in [0.4, 0.5) is 0 Å². The van der Waals surface area contributed by atoms with Crippen molar-refractivity contribution < 1.29 is 14.7 Å². The van der Waals surface area contributed by atoms with E-state index in [1.807, 2.05) is 6.92 Å². The Kier molecular flexibility index (Phi) is 5.31. The van der Waals surface area contributed by atoms with E-state index in [0.717, 1.165) is 31.4 Å². The Morgan fingerprint density at radius 3 is 2.65 bits per heavy atom. The van der Waals surface area contributed by atoms with Gasteiger partial charge in [0.2, 0.25) is 5.91 Å². The molecule has 98 valence electrons. The van der Waals surface area contributed by atoms with Gasteiger partial charge < -0.3 is 10.4 Å². The Morgan fingerprint density at radius 1 is 1.47 bits per heavy atom. The lowest BCUT2D eigenvalue weighted by Gasteiger charge is -2.29. The fourth-order valence-corrected chi connectivity index (χ4v) is 3.22. The Labute approximate surface area is 107 Å². The Morgan fingerprint density at radius 2 is 2.18 bits per heavy atom. The molecule has 0 aromatic rings. The molecule has 1 amide bonds. The van der Waals surface area contributed by atoms with Crippen LogP contribution >= 0.6 is 11.8 Å². The first kappa shape index (κ1) is 14.4. The van der Waals surface area contributed by atoms with Crippen molar-refractivity contribution in [2.45, 2.75) is 56.7 Å². The van der Waals surface area contributed by atoms with Gasteiger partial charge in [-0.1, -0.05) is 19.8 Å². The number of carboxylic acids is 1. The molecule has 17 heavy (non-hydrogen) atoms. The average Bonchev–Trinajstić information content (AvgIpc) is 2.30. The number of rotatable bonds is 5. The highest BCUT2D eigenvalue weighted by Gasteiger charge is 2.36. The highest BCUT2D eigenvalue weighted by molar-refractivity contribution is 8.00. The van der Waals surface area contributed by atoms with Gasteiger partial charge in [0, 0.05) is 0 Å². The summed E-state index contributed by atoms with van der Waals surface area (Å²) in [5, 5.41) is 11.8. The quantitative estimate of drug-likeness (QED) is 0.793. The molecule has 0 aromatic carbocycles. The number of hydrogen-bond donors (Lipinski definition) is 2. The Balaban J connectivity index is 2.60. The number of carbonyl (C=O) groups is 2. The van der Waals surface area contributed by atoms with Crippen LogP contribution in [-0.2, 0) is 9.59 Å². The van der Waals surface area contributed by atoms with Gasteiger partial charge in [0.25, 0.3) is 0 Å². The fourth-order valence-electron chi connectivity index (χ4n) is 2.02. The fraction of sp³-hybridized carbons (Fsp3) is 0.833. The highest BCUT2D eigenvalue weighted by atomic mass is 32.2. The van der Waals surface area contributed by atoms with Crippen molar-refractivity contribution in [1.29, 1.82) is 0 Å². The summed E-state index contributed by atoms with van der Waals surface area (Å²) in [6, 6.07) is 0. The average molecular weight is 259 g/mol. The second-order valence-corrected chi connectivity index (χ2v) is 6.04. The van der Waals surface area contributed by atoms with Crippen LogP contribution in [-0.4, -0.2) is 33.5 Å². The predicted molar refractivity (Wildman–Crippen MR) is 69.2 cm³/mol. The van der Waals surface area contributed by atoms with Gasteiger partial charge >= 0.3 is 5.97 Å². The zero-order valence-electron chi connectivity index (χ0n) is 10.5. The van der Waals surface area contributed by atoms with Crippen LogP contribution in [0.5, 0.6) is 0 Å². The molecule has 2 N–H and O–H groups in total. The molecule has 0 aromatic heterocycles. The van der Waals surface area contributed by atoms with E-state index in [0.29, 0.717) is 6.42 Å². The number of aliphatic carboxylic acids is 1. The van der Waals surface area contributed by atoms with Gasteiger partial charge in [-0.05, 0) is 31.9 Å². The first-order valence-corrected chi connectivity index (χ1v) is 7.21. The number of carboxylic acid groups (broad SMARTS) is 1. The lowest BCUT2D eigenvalue weighted by Crippen LogP contribution is -2.54. The molecule has 5 heteroatoms. The summed E-state index contributed by atoms with van der Waals surface area (Å²) < 4.78 is 0. The van der Waals surface area contributed by atoms with Crippen molar-refractivity contribution >= 4 is 23.6 Å². The van der Waals surface area contributed by atoms with Gasteiger partial charge in [-0.25, -0.2) is 4.79 Å². The largest absolute Gasteiger partial charge is 0.480 e. The molecule has 2 atom stereocenters.